The largest absolute Gasteiger partial charge is 0.358 e. The Labute approximate surface area is 144 Å². The summed E-state index contributed by atoms with van der Waals surface area (Å²) in [5.74, 6) is -7.23. The molecule has 0 amide bonds. The molecule has 4 aromatic rings. The van der Waals surface area contributed by atoms with E-state index in [1.807, 2.05) is 0 Å². The minimum atomic E-state index is -3.03. The maximum absolute atomic E-state index is 13.9. The lowest BCUT2D eigenvalue weighted by molar-refractivity contribution is 0.0191. The molecule has 0 aliphatic carbocycles. The molecule has 0 aliphatic rings. The van der Waals surface area contributed by atoms with E-state index < -0.39 is 23.4 Å². The highest BCUT2D eigenvalue weighted by atomic mass is 19.3. The average Bonchev–Trinajstić information content (AvgIpc) is 3.01. The SMILES string of the molecule is CC(F)(F)c1cccc2nc(-c3c[nH]c4c(F)c(F)c(F)cc34)ccc12. The van der Waals surface area contributed by atoms with Crippen LogP contribution in [-0.4, -0.2) is 9.97 Å². The standard InChI is InChI=1S/C19H11F5N2/c1-19(23,24)12-3-2-4-14-9(12)5-6-15(26-14)11-8-25-18-10(11)7-13(20)16(21)17(18)22/h2-8,25H,1H3. The Balaban J connectivity index is 1.95. The maximum Gasteiger partial charge on any atom is 0.271 e. The second kappa shape index (κ2) is 5.52. The van der Waals surface area contributed by atoms with Gasteiger partial charge >= 0.3 is 0 Å². The molecule has 0 atom stereocenters. The number of hydrogen-bond donors (Lipinski definition) is 1. The third-order valence-electron chi connectivity index (χ3n) is 4.29. The first kappa shape index (κ1) is 16.5. The summed E-state index contributed by atoms with van der Waals surface area (Å²) in [6, 6.07) is 8.21. The fraction of sp³-hybridized carbons (Fsp3) is 0.105. The van der Waals surface area contributed by atoms with Crippen molar-refractivity contribution in [3.05, 3.63) is 65.6 Å². The van der Waals surface area contributed by atoms with Crippen LogP contribution in [0.4, 0.5) is 22.0 Å². The van der Waals surface area contributed by atoms with Crippen molar-refractivity contribution in [2.24, 2.45) is 0 Å². The third kappa shape index (κ3) is 2.42. The molecule has 0 saturated carbocycles. The van der Waals surface area contributed by atoms with Gasteiger partial charge in [0.2, 0.25) is 0 Å². The summed E-state index contributed by atoms with van der Waals surface area (Å²) in [6.07, 6.45) is 1.37. The smallest absolute Gasteiger partial charge is 0.271 e. The molecule has 2 aromatic carbocycles. The highest BCUT2D eigenvalue weighted by Gasteiger charge is 2.27. The van der Waals surface area contributed by atoms with Crippen LogP contribution in [0, 0.1) is 17.5 Å². The predicted octanol–water partition coefficient (Wildman–Crippen LogP) is 5.91. The number of hydrogen-bond acceptors (Lipinski definition) is 1. The first-order valence-corrected chi connectivity index (χ1v) is 7.70. The molecule has 4 rings (SSSR count). The molecule has 0 bridgehead atoms. The van der Waals surface area contributed by atoms with Gasteiger partial charge in [0.25, 0.3) is 5.92 Å². The normalized spacial score (nSPS) is 12.2. The number of aromatic nitrogens is 2. The first-order chi connectivity index (χ1) is 12.3. The van der Waals surface area contributed by atoms with Crippen LogP contribution in [-0.2, 0) is 5.92 Å². The molecule has 0 aliphatic heterocycles. The van der Waals surface area contributed by atoms with Crippen molar-refractivity contribution in [1.82, 2.24) is 9.97 Å². The molecule has 0 fully saturated rings. The van der Waals surface area contributed by atoms with Gasteiger partial charge in [0, 0.05) is 35.0 Å². The zero-order valence-corrected chi connectivity index (χ0v) is 13.4. The number of nitrogens with zero attached hydrogens (tertiary/aromatic N) is 1. The van der Waals surface area contributed by atoms with Gasteiger partial charge in [-0.1, -0.05) is 18.2 Å². The van der Waals surface area contributed by atoms with E-state index in [1.54, 1.807) is 6.07 Å². The van der Waals surface area contributed by atoms with Crippen molar-refractivity contribution < 1.29 is 22.0 Å². The fourth-order valence-electron chi connectivity index (χ4n) is 3.07. The van der Waals surface area contributed by atoms with Gasteiger partial charge < -0.3 is 4.98 Å². The van der Waals surface area contributed by atoms with Crippen LogP contribution < -0.4 is 0 Å². The Morgan fingerprint density at radius 1 is 0.962 bits per heavy atom. The fourth-order valence-corrected chi connectivity index (χ4v) is 3.07. The highest BCUT2D eigenvalue weighted by Crippen LogP contribution is 2.35. The number of halogens is 5. The molecule has 0 spiro atoms. The number of H-pyrrole nitrogens is 1. The number of fused-ring (bicyclic) bond motifs is 2. The summed E-state index contributed by atoms with van der Waals surface area (Å²) in [5.41, 5.74) is 0.639. The summed E-state index contributed by atoms with van der Waals surface area (Å²) in [4.78, 5) is 6.90. The molecule has 0 unspecified atom stereocenters. The van der Waals surface area contributed by atoms with Crippen molar-refractivity contribution in [1.29, 1.82) is 0 Å². The summed E-state index contributed by atoms with van der Waals surface area (Å²) < 4.78 is 68.3. The molecular weight excluding hydrogens is 351 g/mol. The lowest BCUT2D eigenvalue weighted by Gasteiger charge is -2.13. The van der Waals surface area contributed by atoms with E-state index in [0.29, 0.717) is 16.8 Å². The minimum absolute atomic E-state index is 0.116. The maximum atomic E-state index is 13.9. The van der Waals surface area contributed by atoms with Crippen molar-refractivity contribution in [2.45, 2.75) is 12.8 Å². The molecule has 1 N–H and O–H groups in total. The van der Waals surface area contributed by atoms with Crippen LogP contribution in [0.2, 0.25) is 0 Å². The topological polar surface area (TPSA) is 28.7 Å². The zero-order valence-electron chi connectivity index (χ0n) is 13.4. The zero-order chi connectivity index (χ0) is 18.6. The van der Waals surface area contributed by atoms with Gasteiger partial charge in [-0.3, -0.25) is 0 Å². The van der Waals surface area contributed by atoms with Crippen LogP contribution in [0.5, 0.6) is 0 Å². The van der Waals surface area contributed by atoms with Crippen LogP contribution in [0.15, 0.2) is 42.6 Å². The Hall–Kier alpha value is -2.96. The number of aromatic amines is 1. The van der Waals surface area contributed by atoms with E-state index in [9.17, 15) is 22.0 Å². The number of benzene rings is 2. The first-order valence-electron chi connectivity index (χ1n) is 7.70. The van der Waals surface area contributed by atoms with E-state index >= 15 is 0 Å². The van der Waals surface area contributed by atoms with Crippen molar-refractivity contribution in [3.63, 3.8) is 0 Å². The molecule has 2 aromatic heterocycles. The number of rotatable bonds is 2. The Morgan fingerprint density at radius 2 is 1.73 bits per heavy atom. The number of pyridine rings is 1. The monoisotopic (exact) mass is 362 g/mol. The van der Waals surface area contributed by atoms with E-state index in [0.717, 1.165) is 13.0 Å². The summed E-state index contributed by atoms with van der Waals surface area (Å²) in [7, 11) is 0. The number of alkyl halides is 2. The van der Waals surface area contributed by atoms with Crippen molar-refractivity contribution in [2.75, 3.05) is 0 Å². The third-order valence-corrected chi connectivity index (χ3v) is 4.29. The predicted molar refractivity (Wildman–Crippen MR) is 88.5 cm³/mol. The van der Waals surface area contributed by atoms with E-state index in [1.165, 1.54) is 30.5 Å². The molecule has 0 saturated heterocycles. The molecule has 0 radical (unpaired) electrons. The van der Waals surface area contributed by atoms with Crippen molar-refractivity contribution in [3.8, 4) is 11.3 Å². The van der Waals surface area contributed by atoms with Gasteiger partial charge in [0.15, 0.2) is 17.5 Å². The van der Waals surface area contributed by atoms with Gasteiger partial charge in [-0.05, 0) is 18.2 Å². The van der Waals surface area contributed by atoms with Gasteiger partial charge in [0.05, 0.1) is 16.7 Å². The van der Waals surface area contributed by atoms with Gasteiger partial charge in [-0.2, -0.15) is 0 Å². The lowest BCUT2D eigenvalue weighted by atomic mass is 10.0. The molecule has 26 heavy (non-hydrogen) atoms. The molecule has 7 heteroatoms. The average molecular weight is 362 g/mol. The second-order valence-electron chi connectivity index (χ2n) is 6.07. The second-order valence-corrected chi connectivity index (χ2v) is 6.07. The molecule has 2 heterocycles. The molecule has 2 nitrogen and oxygen atoms in total. The van der Waals surface area contributed by atoms with Crippen LogP contribution in [0.3, 0.4) is 0 Å². The van der Waals surface area contributed by atoms with Crippen LogP contribution in [0.1, 0.15) is 12.5 Å². The van der Waals surface area contributed by atoms with E-state index in [-0.39, 0.29) is 21.9 Å². The summed E-state index contributed by atoms with van der Waals surface area (Å²) in [5, 5.41) is 0.400. The van der Waals surface area contributed by atoms with Gasteiger partial charge in [-0.15, -0.1) is 0 Å². The van der Waals surface area contributed by atoms with Crippen LogP contribution in [0.25, 0.3) is 33.1 Å². The van der Waals surface area contributed by atoms with Gasteiger partial charge in [0.1, 0.15) is 0 Å². The lowest BCUT2D eigenvalue weighted by Crippen LogP contribution is -2.07. The molecule has 132 valence electrons. The van der Waals surface area contributed by atoms with Crippen molar-refractivity contribution >= 4 is 21.8 Å². The Bertz CT molecular complexity index is 1160. The number of nitrogens with one attached hydrogen (secondary N) is 1. The summed E-state index contributed by atoms with van der Waals surface area (Å²) >= 11 is 0. The quantitative estimate of drug-likeness (QED) is 0.348. The van der Waals surface area contributed by atoms with Crippen LogP contribution >= 0.6 is 0 Å². The minimum Gasteiger partial charge on any atom is -0.358 e. The molecular formula is C19H11F5N2. The van der Waals surface area contributed by atoms with E-state index in [2.05, 4.69) is 9.97 Å². The van der Waals surface area contributed by atoms with E-state index in [4.69, 9.17) is 0 Å². The Kier molecular flexibility index (Phi) is 3.50. The van der Waals surface area contributed by atoms with Gasteiger partial charge in [-0.25, -0.2) is 26.9 Å². The Morgan fingerprint density at radius 3 is 2.46 bits per heavy atom. The highest BCUT2D eigenvalue weighted by molar-refractivity contribution is 5.96. The summed E-state index contributed by atoms with van der Waals surface area (Å²) in [6.45, 7) is 0.801.